The smallest absolute Gasteiger partial charge is 0.339 e. The van der Waals surface area contributed by atoms with Gasteiger partial charge in [0.05, 0.1) is 25.3 Å². The summed E-state index contributed by atoms with van der Waals surface area (Å²) in [7, 11) is 2.99. The zero-order valence-corrected chi connectivity index (χ0v) is 15.1. The number of carbonyl (C=O) groups excluding carboxylic acids is 2. The second-order valence-corrected chi connectivity index (χ2v) is 5.84. The number of Topliss-reactive ketones (excluding diaryl/α,β-unsaturated/α-hetero) is 1. The van der Waals surface area contributed by atoms with Crippen LogP contribution in [-0.2, 0) is 4.74 Å². The third kappa shape index (κ3) is 4.18. The maximum absolute atomic E-state index is 12.4. The quantitative estimate of drug-likeness (QED) is 0.592. The van der Waals surface area contributed by atoms with E-state index in [1.165, 1.54) is 14.2 Å². The molecule has 0 amide bonds. The summed E-state index contributed by atoms with van der Waals surface area (Å²) in [5.41, 5.74) is 3.54. The second kappa shape index (κ2) is 7.83. The average molecular weight is 342 g/mol. The second-order valence-electron chi connectivity index (χ2n) is 5.84. The van der Waals surface area contributed by atoms with E-state index in [1.54, 1.807) is 18.2 Å². The van der Waals surface area contributed by atoms with Gasteiger partial charge in [0.1, 0.15) is 11.5 Å². The van der Waals surface area contributed by atoms with E-state index in [0.717, 1.165) is 16.7 Å². The summed E-state index contributed by atoms with van der Waals surface area (Å²) in [5.74, 6) is 0.0713. The number of aryl methyl sites for hydroxylation is 3. The van der Waals surface area contributed by atoms with Crippen molar-refractivity contribution in [2.75, 3.05) is 20.8 Å². The maximum atomic E-state index is 12.4. The van der Waals surface area contributed by atoms with Crippen molar-refractivity contribution in [2.45, 2.75) is 20.8 Å². The zero-order valence-electron chi connectivity index (χ0n) is 15.1. The summed E-state index contributed by atoms with van der Waals surface area (Å²) < 4.78 is 15.6. The SMILES string of the molecule is COc1ccc(OC)c(C(=O)COC(=O)c2c(C)cc(C)cc2C)c1. The molecule has 0 saturated heterocycles. The van der Waals surface area contributed by atoms with Gasteiger partial charge in [-0.2, -0.15) is 0 Å². The predicted molar refractivity (Wildman–Crippen MR) is 94.8 cm³/mol. The van der Waals surface area contributed by atoms with Crippen LogP contribution in [0, 0.1) is 20.8 Å². The molecule has 0 aliphatic heterocycles. The lowest BCUT2D eigenvalue weighted by atomic mass is 10.00. The Morgan fingerprint density at radius 2 is 1.56 bits per heavy atom. The normalized spacial score (nSPS) is 10.3. The molecule has 0 spiro atoms. The predicted octanol–water partition coefficient (Wildman–Crippen LogP) is 3.67. The van der Waals surface area contributed by atoms with Crippen LogP contribution >= 0.6 is 0 Å². The third-order valence-electron chi connectivity index (χ3n) is 3.92. The molecular weight excluding hydrogens is 320 g/mol. The number of esters is 1. The van der Waals surface area contributed by atoms with E-state index in [2.05, 4.69) is 0 Å². The minimum absolute atomic E-state index is 0.312. The molecule has 0 aromatic heterocycles. The van der Waals surface area contributed by atoms with E-state index in [1.807, 2.05) is 32.9 Å². The van der Waals surface area contributed by atoms with E-state index < -0.39 is 5.97 Å². The number of methoxy groups -OCH3 is 2. The molecular formula is C20H22O5. The van der Waals surface area contributed by atoms with Crippen LogP contribution in [0.3, 0.4) is 0 Å². The number of hydrogen-bond acceptors (Lipinski definition) is 5. The Labute approximate surface area is 147 Å². The Morgan fingerprint density at radius 3 is 2.12 bits per heavy atom. The molecule has 5 nitrogen and oxygen atoms in total. The highest BCUT2D eigenvalue weighted by atomic mass is 16.5. The summed E-state index contributed by atoms with van der Waals surface area (Å²) in [6, 6.07) is 8.73. The van der Waals surface area contributed by atoms with Crippen LogP contribution < -0.4 is 9.47 Å². The number of hydrogen-bond donors (Lipinski definition) is 0. The molecule has 0 aliphatic carbocycles. The number of ketones is 1. The monoisotopic (exact) mass is 342 g/mol. The molecule has 2 rings (SSSR count). The summed E-state index contributed by atoms with van der Waals surface area (Å²) in [4.78, 5) is 24.8. The van der Waals surface area contributed by atoms with Gasteiger partial charge in [-0.15, -0.1) is 0 Å². The van der Waals surface area contributed by atoms with E-state index in [4.69, 9.17) is 14.2 Å². The van der Waals surface area contributed by atoms with Crippen molar-refractivity contribution in [2.24, 2.45) is 0 Å². The van der Waals surface area contributed by atoms with Gasteiger partial charge < -0.3 is 14.2 Å². The van der Waals surface area contributed by atoms with Gasteiger partial charge in [0.2, 0.25) is 5.78 Å². The molecule has 0 heterocycles. The fraction of sp³-hybridized carbons (Fsp3) is 0.300. The molecule has 5 heteroatoms. The molecule has 2 aromatic rings. The fourth-order valence-corrected chi connectivity index (χ4v) is 2.81. The largest absolute Gasteiger partial charge is 0.497 e. The number of benzene rings is 2. The molecule has 0 bridgehead atoms. The van der Waals surface area contributed by atoms with Crippen LogP contribution in [0.2, 0.25) is 0 Å². The summed E-state index contributed by atoms with van der Waals surface area (Å²) in [6.07, 6.45) is 0. The lowest BCUT2D eigenvalue weighted by molar-refractivity contribution is 0.0472. The molecule has 0 fully saturated rings. The first-order valence-corrected chi connectivity index (χ1v) is 7.87. The van der Waals surface area contributed by atoms with E-state index in [-0.39, 0.29) is 12.4 Å². The average Bonchev–Trinajstić information content (AvgIpc) is 2.58. The Bertz CT molecular complexity index is 785. The molecule has 0 radical (unpaired) electrons. The maximum Gasteiger partial charge on any atom is 0.339 e. The molecule has 2 aromatic carbocycles. The van der Waals surface area contributed by atoms with Crippen molar-refractivity contribution in [3.8, 4) is 11.5 Å². The van der Waals surface area contributed by atoms with Gasteiger partial charge in [0.15, 0.2) is 6.61 Å². The summed E-state index contributed by atoms with van der Waals surface area (Å²) in [5, 5.41) is 0. The van der Waals surface area contributed by atoms with Crippen molar-refractivity contribution < 1.29 is 23.8 Å². The minimum atomic E-state index is -0.509. The van der Waals surface area contributed by atoms with Crippen LogP contribution in [0.15, 0.2) is 30.3 Å². The number of ether oxygens (including phenoxy) is 3. The highest BCUT2D eigenvalue weighted by molar-refractivity contribution is 6.02. The van der Waals surface area contributed by atoms with Gasteiger partial charge in [0.25, 0.3) is 0 Å². The van der Waals surface area contributed by atoms with Gasteiger partial charge in [-0.05, 0) is 50.1 Å². The molecule has 0 atom stereocenters. The van der Waals surface area contributed by atoms with Crippen LogP contribution in [0.25, 0.3) is 0 Å². The first-order chi connectivity index (χ1) is 11.9. The molecule has 0 saturated carbocycles. The van der Waals surface area contributed by atoms with Gasteiger partial charge in [-0.3, -0.25) is 4.79 Å². The number of rotatable bonds is 6. The number of carbonyl (C=O) groups is 2. The highest BCUT2D eigenvalue weighted by Crippen LogP contribution is 2.25. The van der Waals surface area contributed by atoms with Gasteiger partial charge in [-0.25, -0.2) is 4.79 Å². The Kier molecular flexibility index (Phi) is 5.80. The van der Waals surface area contributed by atoms with Crippen molar-refractivity contribution >= 4 is 11.8 Å². The summed E-state index contributed by atoms with van der Waals surface area (Å²) >= 11 is 0. The lowest BCUT2D eigenvalue weighted by Crippen LogP contribution is -2.17. The standard InChI is InChI=1S/C20H22O5/c1-12-8-13(2)19(14(3)9-12)20(22)25-11-17(21)16-10-15(23-4)6-7-18(16)24-5/h6-10H,11H2,1-5H3. The first-order valence-electron chi connectivity index (χ1n) is 7.87. The van der Waals surface area contributed by atoms with Crippen LogP contribution in [0.4, 0.5) is 0 Å². The lowest BCUT2D eigenvalue weighted by Gasteiger charge is -2.12. The van der Waals surface area contributed by atoms with E-state index in [0.29, 0.717) is 22.6 Å². The van der Waals surface area contributed by atoms with Crippen LogP contribution in [-0.4, -0.2) is 32.6 Å². The molecule has 0 unspecified atom stereocenters. The van der Waals surface area contributed by atoms with Gasteiger partial charge in [0, 0.05) is 0 Å². The van der Waals surface area contributed by atoms with Gasteiger partial charge >= 0.3 is 5.97 Å². The zero-order chi connectivity index (χ0) is 18.6. The molecule has 0 N–H and O–H groups in total. The Morgan fingerprint density at radius 1 is 0.920 bits per heavy atom. The van der Waals surface area contributed by atoms with E-state index >= 15 is 0 Å². The Hall–Kier alpha value is -2.82. The van der Waals surface area contributed by atoms with E-state index in [9.17, 15) is 9.59 Å². The van der Waals surface area contributed by atoms with Gasteiger partial charge in [-0.1, -0.05) is 17.7 Å². The van der Waals surface area contributed by atoms with Crippen LogP contribution in [0.1, 0.15) is 37.4 Å². The van der Waals surface area contributed by atoms with Crippen LogP contribution in [0.5, 0.6) is 11.5 Å². The Balaban J connectivity index is 2.16. The van der Waals surface area contributed by atoms with Crippen molar-refractivity contribution in [1.29, 1.82) is 0 Å². The molecule has 25 heavy (non-hydrogen) atoms. The topological polar surface area (TPSA) is 61.8 Å². The van der Waals surface area contributed by atoms with Crippen molar-refractivity contribution in [3.05, 3.63) is 58.1 Å². The van der Waals surface area contributed by atoms with Crippen molar-refractivity contribution in [1.82, 2.24) is 0 Å². The highest BCUT2D eigenvalue weighted by Gasteiger charge is 2.19. The first kappa shape index (κ1) is 18.5. The summed E-state index contributed by atoms with van der Waals surface area (Å²) in [6.45, 7) is 5.30. The molecule has 132 valence electrons. The van der Waals surface area contributed by atoms with Crippen molar-refractivity contribution in [3.63, 3.8) is 0 Å². The minimum Gasteiger partial charge on any atom is -0.497 e. The fourth-order valence-electron chi connectivity index (χ4n) is 2.81. The third-order valence-corrected chi connectivity index (χ3v) is 3.92. The molecule has 0 aliphatic rings.